The van der Waals surface area contributed by atoms with Crippen molar-refractivity contribution in [3.63, 3.8) is 0 Å². The molecule has 16 heavy (non-hydrogen) atoms. The predicted octanol–water partition coefficient (Wildman–Crippen LogP) is 0.581. The summed E-state index contributed by atoms with van der Waals surface area (Å²) in [5, 5.41) is 4.25. The van der Waals surface area contributed by atoms with Gasteiger partial charge in [-0.25, -0.2) is 9.67 Å². The Kier molecular flexibility index (Phi) is 2.47. The van der Waals surface area contributed by atoms with E-state index < -0.39 is 0 Å². The van der Waals surface area contributed by atoms with Crippen LogP contribution in [0.3, 0.4) is 0 Å². The first kappa shape index (κ1) is 10.4. The van der Waals surface area contributed by atoms with Crippen molar-refractivity contribution in [1.29, 1.82) is 0 Å². The molecule has 84 valence electrons. The molecule has 1 N–H and O–H groups in total. The van der Waals surface area contributed by atoms with Gasteiger partial charge in [-0.2, -0.15) is 5.10 Å². The molecule has 0 aliphatic rings. The van der Waals surface area contributed by atoms with E-state index in [4.69, 9.17) is 4.74 Å². The average Bonchev–Trinajstić information content (AvgIpc) is 2.57. The summed E-state index contributed by atoms with van der Waals surface area (Å²) in [4.78, 5) is 18.0. The number of hydrogen-bond acceptors (Lipinski definition) is 4. The maximum Gasteiger partial charge on any atom is 0.295 e. The third-order valence-electron chi connectivity index (χ3n) is 2.21. The molecule has 2 aromatic heterocycles. The molecule has 0 spiro atoms. The molecule has 2 aromatic rings. The standard InChI is InChI=1S/C10H12N4O2/c1-6-4-7(2)14(13-6)9-8(16-3)10(15)12-5-11-9/h4-5H,1-3H3,(H,11,12,15). The number of rotatable bonds is 2. The largest absolute Gasteiger partial charge is 0.488 e. The maximum atomic E-state index is 11.5. The van der Waals surface area contributed by atoms with E-state index in [2.05, 4.69) is 15.1 Å². The Morgan fingerprint density at radius 1 is 1.44 bits per heavy atom. The lowest BCUT2D eigenvalue weighted by atomic mass is 10.4. The molecule has 0 aliphatic carbocycles. The van der Waals surface area contributed by atoms with Crippen LogP contribution in [0.25, 0.3) is 5.82 Å². The van der Waals surface area contributed by atoms with Crippen LogP contribution in [0.5, 0.6) is 5.75 Å². The van der Waals surface area contributed by atoms with Crippen molar-refractivity contribution in [3.8, 4) is 11.6 Å². The molecule has 2 heterocycles. The Labute approximate surface area is 91.9 Å². The van der Waals surface area contributed by atoms with E-state index >= 15 is 0 Å². The van der Waals surface area contributed by atoms with E-state index in [0.29, 0.717) is 5.82 Å². The van der Waals surface area contributed by atoms with Gasteiger partial charge >= 0.3 is 0 Å². The summed E-state index contributed by atoms with van der Waals surface area (Å²) >= 11 is 0. The van der Waals surface area contributed by atoms with Crippen molar-refractivity contribution in [2.24, 2.45) is 0 Å². The molecular weight excluding hydrogens is 208 g/mol. The van der Waals surface area contributed by atoms with Crippen molar-refractivity contribution in [3.05, 3.63) is 34.1 Å². The van der Waals surface area contributed by atoms with Gasteiger partial charge in [-0.1, -0.05) is 0 Å². The SMILES string of the molecule is COc1c(-n2nc(C)cc2C)nc[nH]c1=O. The summed E-state index contributed by atoms with van der Waals surface area (Å²) in [6.07, 6.45) is 1.33. The van der Waals surface area contributed by atoms with Gasteiger partial charge in [-0.3, -0.25) is 4.79 Å². The first-order valence-electron chi connectivity index (χ1n) is 4.79. The number of aromatic nitrogens is 4. The van der Waals surface area contributed by atoms with E-state index in [-0.39, 0.29) is 11.3 Å². The Bertz CT molecular complexity index is 570. The molecule has 0 bridgehead atoms. The fourth-order valence-corrected chi connectivity index (χ4v) is 1.56. The molecule has 0 aromatic carbocycles. The van der Waals surface area contributed by atoms with Crippen LogP contribution in [0.2, 0.25) is 0 Å². The highest BCUT2D eigenvalue weighted by atomic mass is 16.5. The number of hydrogen-bond donors (Lipinski definition) is 1. The summed E-state index contributed by atoms with van der Waals surface area (Å²) in [7, 11) is 1.43. The molecular formula is C10H12N4O2. The van der Waals surface area contributed by atoms with Crippen molar-refractivity contribution in [2.45, 2.75) is 13.8 Å². The van der Waals surface area contributed by atoms with E-state index in [1.54, 1.807) is 4.68 Å². The van der Waals surface area contributed by atoms with E-state index in [9.17, 15) is 4.79 Å². The minimum atomic E-state index is -0.319. The smallest absolute Gasteiger partial charge is 0.295 e. The van der Waals surface area contributed by atoms with Gasteiger partial charge in [-0.15, -0.1) is 0 Å². The van der Waals surface area contributed by atoms with Crippen LogP contribution < -0.4 is 10.3 Å². The molecule has 0 amide bonds. The number of aromatic amines is 1. The molecule has 0 saturated heterocycles. The normalized spacial score (nSPS) is 10.4. The minimum absolute atomic E-state index is 0.161. The fraction of sp³-hybridized carbons (Fsp3) is 0.300. The van der Waals surface area contributed by atoms with Crippen molar-refractivity contribution in [1.82, 2.24) is 19.7 Å². The summed E-state index contributed by atoms with van der Waals surface area (Å²) in [5.41, 5.74) is 1.44. The molecule has 0 saturated carbocycles. The molecule has 0 aliphatic heterocycles. The number of H-pyrrole nitrogens is 1. The Morgan fingerprint density at radius 2 is 2.19 bits per heavy atom. The van der Waals surface area contributed by atoms with Gasteiger partial charge in [0.1, 0.15) is 0 Å². The summed E-state index contributed by atoms with van der Waals surface area (Å²) in [6, 6.07) is 1.91. The Balaban J connectivity index is 2.69. The van der Waals surface area contributed by atoms with Crippen molar-refractivity contribution >= 4 is 0 Å². The second kappa shape index (κ2) is 3.80. The highest BCUT2D eigenvalue weighted by Crippen LogP contribution is 2.16. The van der Waals surface area contributed by atoms with Crippen molar-refractivity contribution < 1.29 is 4.74 Å². The van der Waals surface area contributed by atoms with Gasteiger partial charge in [0, 0.05) is 5.69 Å². The Morgan fingerprint density at radius 3 is 2.75 bits per heavy atom. The highest BCUT2D eigenvalue weighted by molar-refractivity contribution is 5.38. The monoisotopic (exact) mass is 220 g/mol. The Hall–Kier alpha value is -2.11. The summed E-state index contributed by atoms with van der Waals surface area (Å²) < 4.78 is 6.61. The molecule has 0 atom stereocenters. The number of aryl methyl sites for hydroxylation is 2. The zero-order chi connectivity index (χ0) is 11.7. The topological polar surface area (TPSA) is 72.8 Å². The fourth-order valence-electron chi connectivity index (χ4n) is 1.56. The highest BCUT2D eigenvalue weighted by Gasteiger charge is 2.13. The van der Waals surface area contributed by atoms with E-state index in [0.717, 1.165) is 11.4 Å². The third-order valence-corrected chi connectivity index (χ3v) is 2.21. The van der Waals surface area contributed by atoms with Crippen LogP contribution in [0.4, 0.5) is 0 Å². The molecule has 6 nitrogen and oxygen atoms in total. The van der Waals surface area contributed by atoms with Crippen LogP contribution in [0.1, 0.15) is 11.4 Å². The third kappa shape index (κ3) is 1.58. The molecule has 0 radical (unpaired) electrons. The van der Waals surface area contributed by atoms with Gasteiger partial charge in [0.2, 0.25) is 11.6 Å². The summed E-state index contributed by atoms with van der Waals surface area (Å²) in [6.45, 7) is 3.77. The second-order valence-corrected chi connectivity index (χ2v) is 3.43. The average molecular weight is 220 g/mol. The molecule has 0 fully saturated rings. The first-order chi connectivity index (χ1) is 7.63. The van der Waals surface area contributed by atoms with Crippen molar-refractivity contribution in [2.75, 3.05) is 7.11 Å². The second-order valence-electron chi connectivity index (χ2n) is 3.43. The maximum absolute atomic E-state index is 11.5. The zero-order valence-corrected chi connectivity index (χ0v) is 9.31. The summed E-state index contributed by atoms with van der Waals surface area (Å²) in [5.74, 6) is 0.561. The van der Waals surface area contributed by atoms with Gasteiger partial charge in [-0.05, 0) is 19.9 Å². The first-order valence-corrected chi connectivity index (χ1v) is 4.79. The van der Waals surface area contributed by atoms with E-state index in [1.807, 2.05) is 19.9 Å². The predicted molar refractivity (Wildman–Crippen MR) is 58.0 cm³/mol. The number of ether oxygens (including phenoxy) is 1. The van der Waals surface area contributed by atoms with Crippen LogP contribution in [0, 0.1) is 13.8 Å². The van der Waals surface area contributed by atoms with Gasteiger partial charge < -0.3 is 9.72 Å². The van der Waals surface area contributed by atoms with Crippen LogP contribution in [-0.2, 0) is 0 Å². The minimum Gasteiger partial charge on any atom is -0.488 e. The number of nitrogens with zero attached hydrogens (tertiary/aromatic N) is 3. The van der Waals surface area contributed by atoms with Crippen LogP contribution in [-0.4, -0.2) is 26.9 Å². The van der Waals surface area contributed by atoms with Gasteiger partial charge in [0.15, 0.2) is 0 Å². The van der Waals surface area contributed by atoms with Gasteiger partial charge in [0.25, 0.3) is 5.56 Å². The zero-order valence-electron chi connectivity index (χ0n) is 9.31. The molecule has 0 unspecified atom stereocenters. The number of methoxy groups -OCH3 is 1. The quantitative estimate of drug-likeness (QED) is 0.803. The number of nitrogens with one attached hydrogen (secondary N) is 1. The lowest BCUT2D eigenvalue weighted by Gasteiger charge is -2.06. The molecule has 2 rings (SSSR count). The lowest BCUT2D eigenvalue weighted by Crippen LogP contribution is -2.15. The molecule has 6 heteroatoms. The van der Waals surface area contributed by atoms with Crippen LogP contribution in [0.15, 0.2) is 17.2 Å². The lowest BCUT2D eigenvalue weighted by molar-refractivity contribution is 0.402. The van der Waals surface area contributed by atoms with Gasteiger partial charge in [0.05, 0.1) is 19.1 Å². The van der Waals surface area contributed by atoms with E-state index in [1.165, 1.54) is 13.4 Å². The van der Waals surface area contributed by atoms with Crippen LogP contribution >= 0.6 is 0 Å².